The number of anilines is 2. The number of thiol groups is 1. The highest BCUT2D eigenvalue weighted by Gasteiger charge is 2.31. The number of amides is 1. The van der Waals surface area contributed by atoms with E-state index >= 15 is 0 Å². The maximum absolute atomic E-state index is 13.4. The zero-order chi connectivity index (χ0) is 12.6. The van der Waals surface area contributed by atoms with Crippen molar-refractivity contribution in [3.05, 3.63) is 23.0 Å². The molecule has 0 radical (unpaired) electrons. The van der Waals surface area contributed by atoms with E-state index in [4.69, 9.17) is 17.3 Å². The molecule has 1 atom stereocenters. The molecule has 1 aromatic carbocycles. The molecule has 1 aliphatic rings. The Balaban J connectivity index is 2.35. The van der Waals surface area contributed by atoms with Crippen LogP contribution < -0.4 is 10.6 Å². The lowest BCUT2D eigenvalue weighted by molar-refractivity contribution is -0.117. The Morgan fingerprint density at radius 2 is 2.29 bits per heavy atom. The quantitative estimate of drug-likeness (QED) is 0.642. The highest BCUT2D eigenvalue weighted by Crippen LogP contribution is 2.33. The maximum Gasteiger partial charge on any atom is 0.227 e. The number of rotatable bonds is 2. The molecular formula is C11H12ClFN2OS. The molecule has 0 saturated carbocycles. The average Bonchev–Trinajstić information content (AvgIpc) is 2.65. The van der Waals surface area contributed by atoms with Gasteiger partial charge in [-0.25, -0.2) is 4.39 Å². The molecule has 1 unspecified atom stereocenters. The Kier molecular flexibility index (Phi) is 3.49. The van der Waals surface area contributed by atoms with Gasteiger partial charge in [0.1, 0.15) is 5.82 Å². The third-order valence-corrected chi connectivity index (χ3v) is 3.63. The van der Waals surface area contributed by atoms with E-state index in [-0.39, 0.29) is 16.8 Å². The summed E-state index contributed by atoms with van der Waals surface area (Å²) in [7, 11) is 0. The van der Waals surface area contributed by atoms with Crippen LogP contribution in [0.15, 0.2) is 12.1 Å². The van der Waals surface area contributed by atoms with E-state index in [1.54, 1.807) is 0 Å². The Bertz CT molecular complexity index is 469. The van der Waals surface area contributed by atoms with Gasteiger partial charge >= 0.3 is 0 Å². The summed E-state index contributed by atoms with van der Waals surface area (Å²) in [5.41, 5.74) is 6.45. The lowest BCUT2D eigenvalue weighted by Gasteiger charge is -2.19. The summed E-state index contributed by atoms with van der Waals surface area (Å²) in [6.45, 7) is 0.521. The fourth-order valence-corrected chi connectivity index (χ4v) is 2.34. The average molecular weight is 275 g/mol. The molecule has 6 heteroatoms. The normalized spacial score (nSPS) is 20.1. The Labute approximate surface area is 109 Å². The Morgan fingerprint density at radius 1 is 1.59 bits per heavy atom. The first-order chi connectivity index (χ1) is 8.02. The van der Waals surface area contributed by atoms with Crippen molar-refractivity contribution < 1.29 is 9.18 Å². The van der Waals surface area contributed by atoms with Gasteiger partial charge in [-0.1, -0.05) is 11.6 Å². The maximum atomic E-state index is 13.4. The summed E-state index contributed by atoms with van der Waals surface area (Å²) in [4.78, 5) is 13.3. The number of hydrogen-bond acceptors (Lipinski definition) is 3. The third kappa shape index (κ3) is 2.35. The molecule has 0 spiro atoms. The van der Waals surface area contributed by atoms with Crippen molar-refractivity contribution in [3.63, 3.8) is 0 Å². The van der Waals surface area contributed by atoms with Crippen molar-refractivity contribution >= 4 is 41.5 Å². The number of benzene rings is 1. The molecule has 1 aromatic rings. The van der Waals surface area contributed by atoms with Crippen LogP contribution >= 0.6 is 24.2 Å². The van der Waals surface area contributed by atoms with Crippen LogP contribution in [0.1, 0.15) is 6.42 Å². The van der Waals surface area contributed by atoms with Gasteiger partial charge in [-0.2, -0.15) is 12.6 Å². The number of nitrogens with two attached hydrogens (primary N) is 1. The van der Waals surface area contributed by atoms with Crippen LogP contribution in [-0.4, -0.2) is 18.2 Å². The Hall–Kier alpha value is -0.940. The van der Waals surface area contributed by atoms with Crippen LogP contribution in [0.4, 0.5) is 15.8 Å². The van der Waals surface area contributed by atoms with E-state index in [2.05, 4.69) is 12.6 Å². The number of nitrogens with zero attached hydrogens (tertiary/aromatic N) is 1. The third-order valence-electron chi connectivity index (χ3n) is 2.82. The minimum atomic E-state index is -0.571. The molecule has 1 saturated heterocycles. The van der Waals surface area contributed by atoms with E-state index in [0.29, 0.717) is 30.1 Å². The van der Waals surface area contributed by atoms with Gasteiger partial charge in [0.15, 0.2) is 0 Å². The SMILES string of the molecule is Nc1cc(Cl)c(F)cc1N1CC(CS)CC1=O. The molecule has 0 bridgehead atoms. The van der Waals surface area contributed by atoms with Gasteiger partial charge in [-0.05, 0) is 17.7 Å². The number of halogens is 2. The van der Waals surface area contributed by atoms with Crippen molar-refractivity contribution in [2.24, 2.45) is 5.92 Å². The number of carbonyl (C=O) groups is 1. The molecule has 1 aliphatic heterocycles. The Morgan fingerprint density at radius 3 is 2.88 bits per heavy atom. The minimum absolute atomic E-state index is 0.0383. The van der Waals surface area contributed by atoms with Crippen molar-refractivity contribution in [3.8, 4) is 0 Å². The summed E-state index contributed by atoms with van der Waals surface area (Å²) >= 11 is 9.78. The van der Waals surface area contributed by atoms with E-state index in [0.717, 1.165) is 0 Å². The zero-order valence-electron chi connectivity index (χ0n) is 8.99. The molecule has 2 N–H and O–H groups in total. The smallest absolute Gasteiger partial charge is 0.227 e. The van der Waals surface area contributed by atoms with Gasteiger partial charge in [0.05, 0.1) is 16.4 Å². The van der Waals surface area contributed by atoms with Crippen LogP contribution in [0.5, 0.6) is 0 Å². The second kappa shape index (κ2) is 4.74. The predicted molar refractivity (Wildman–Crippen MR) is 70.1 cm³/mol. The van der Waals surface area contributed by atoms with Crippen molar-refractivity contribution in [2.75, 3.05) is 22.9 Å². The second-order valence-electron chi connectivity index (χ2n) is 4.08. The van der Waals surface area contributed by atoms with Gasteiger partial charge in [-0.3, -0.25) is 4.79 Å². The number of carbonyl (C=O) groups excluding carboxylic acids is 1. The fourth-order valence-electron chi connectivity index (χ4n) is 1.92. The molecule has 17 heavy (non-hydrogen) atoms. The van der Waals surface area contributed by atoms with Crippen LogP contribution in [-0.2, 0) is 4.79 Å². The van der Waals surface area contributed by atoms with Crippen molar-refractivity contribution in [1.29, 1.82) is 0 Å². The highest BCUT2D eigenvalue weighted by atomic mass is 35.5. The number of hydrogen-bond donors (Lipinski definition) is 2. The fraction of sp³-hybridized carbons (Fsp3) is 0.364. The summed E-state index contributed by atoms with van der Waals surface area (Å²) in [6.07, 6.45) is 0.424. The van der Waals surface area contributed by atoms with E-state index in [1.807, 2.05) is 0 Å². The van der Waals surface area contributed by atoms with Crippen LogP contribution in [0.2, 0.25) is 5.02 Å². The molecule has 0 aromatic heterocycles. The van der Waals surface area contributed by atoms with Crippen molar-refractivity contribution in [1.82, 2.24) is 0 Å². The predicted octanol–water partition coefficient (Wildman–Crippen LogP) is 2.34. The van der Waals surface area contributed by atoms with Crippen LogP contribution in [0, 0.1) is 11.7 Å². The van der Waals surface area contributed by atoms with Gasteiger partial charge in [0.2, 0.25) is 5.91 Å². The monoisotopic (exact) mass is 274 g/mol. The first-order valence-corrected chi connectivity index (χ1v) is 6.19. The topological polar surface area (TPSA) is 46.3 Å². The summed E-state index contributed by atoms with van der Waals surface area (Å²) in [6, 6.07) is 2.53. The second-order valence-corrected chi connectivity index (χ2v) is 4.85. The summed E-state index contributed by atoms with van der Waals surface area (Å²) < 4.78 is 13.4. The molecule has 92 valence electrons. The molecule has 1 heterocycles. The summed E-state index contributed by atoms with van der Waals surface area (Å²) in [5, 5.41) is -0.0383. The standard InChI is InChI=1S/C11H12ClFN2OS/c12-7-2-9(14)10(3-8(7)13)15-4-6(5-17)1-11(15)16/h2-3,6,17H,1,4-5,14H2. The molecular weight excluding hydrogens is 263 g/mol. The van der Waals surface area contributed by atoms with Crippen molar-refractivity contribution in [2.45, 2.75) is 6.42 Å². The molecule has 1 fully saturated rings. The lowest BCUT2D eigenvalue weighted by atomic mass is 10.1. The lowest BCUT2D eigenvalue weighted by Crippen LogP contribution is -2.25. The molecule has 2 rings (SSSR count). The first-order valence-electron chi connectivity index (χ1n) is 5.18. The number of nitrogen functional groups attached to an aromatic ring is 1. The van der Waals surface area contributed by atoms with Gasteiger partial charge in [0.25, 0.3) is 0 Å². The van der Waals surface area contributed by atoms with Crippen LogP contribution in [0.25, 0.3) is 0 Å². The first kappa shape index (κ1) is 12.5. The largest absolute Gasteiger partial charge is 0.397 e. The molecule has 1 amide bonds. The summed E-state index contributed by atoms with van der Waals surface area (Å²) in [5.74, 6) is 0.178. The highest BCUT2D eigenvalue weighted by molar-refractivity contribution is 7.80. The van der Waals surface area contributed by atoms with Gasteiger partial charge < -0.3 is 10.6 Å². The minimum Gasteiger partial charge on any atom is -0.397 e. The van der Waals surface area contributed by atoms with E-state index in [9.17, 15) is 9.18 Å². The van der Waals surface area contributed by atoms with Gasteiger partial charge in [-0.15, -0.1) is 0 Å². The molecule has 3 nitrogen and oxygen atoms in total. The van der Waals surface area contributed by atoms with E-state index < -0.39 is 5.82 Å². The molecule has 0 aliphatic carbocycles. The van der Waals surface area contributed by atoms with Gasteiger partial charge in [0, 0.05) is 19.0 Å². The van der Waals surface area contributed by atoms with Crippen LogP contribution in [0.3, 0.4) is 0 Å². The zero-order valence-corrected chi connectivity index (χ0v) is 10.6. The van der Waals surface area contributed by atoms with E-state index in [1.165, 1.54) is 17.0 Å².